The van der Waals surface area contributed by atoms with Gasteiger partial charge in [0.15, 0.2) is 0 Å². The van der Waals surface area contributed by atoms with Gasteiger partial charge in [-0.1, -0.05) is 0 Å². The average molecular weight is 232 g/mol. The summed E-state index contributed by atoms with van der Waals surface area (Å²) in [6.07, 6.45) is 9.39. The van der Waals surface area contributed by atoms with Crippen molar-refractivity contribution < 1.29 is 0 Å². The van der Waals surface area contributed by atoms with Crippen LogP contribution in [0.2, 0.25) is 0 Å². The van der Waals surface area contributed by atoms with Gasteiger partial charge >= 0.3 is 0 Å². The Balaban J connectivity index is 1.70. The van der Waals surface area contributed by atoms with Crippen molar-refractivity contribution in [2.45, 2.75) is 19.3 Å². The molecule has 2 fully saturated rings. The van der Waals surface area contributed by atoms with Crippen molar-refractivity contribution in [1.82, 2.24) is 14.9 Å². The molecule has 3 rings (SSSR count). The monoisotopic (exact) mass is 232 g/mol. The second kappa shape index (κ2) is 4.26. The van der Waals surface area contributed by atoms with Crippen LogP contribution in [-0.4, -0.2) is 48.1 Å². The number of hydrogen-bond acceptors (Lipinski definition) is 4. The van der Waals surface area contributed by atoms with E-state index in [1.165, 1.54) is 38.9 Å². The minimum atomic E-state index is 0.546. The van der Waals surface area contributed by atoms with E-state index in [0.717, 1.165) is 12.4 Å². The third-order valence-electron chi connectivity index (χ3n) is 4.36. The number of hydrogen-bond donors (Lipinski definition) is 0. The number of aromatic nitrogens is 2. The molecule has 0 atom stereocenters. The average Bonchev–Trinajstić information content (AvgIpc) is 2.79. The van der Waals surface area contributed by atoms with Gasteiger partial charge in [0, 0.05) is 25.5 Å². The van der Waals surface area contributed by atoms with Crippen LogP contribution in [0.1, 0.15) is 19.3 Å². The topological polar surface area (TPSA) is 32.3 Å². The molecule has 4 heteroatoms. The van der Waals surface area contributed by atoms with Crippen molar-refractivity contribution >= 4 is 5.82 Å². The van der Waals surface area contributed by atoms with Crippen LogP contribution in [0.4, 0.5) is 5.82 Å². The summed E-state index contributed by atoms with van der Waals surface area (Å²) in [5.41, 5.74) is 0.546. The summed E-state index contributed by atoms with van der Waals surface area (Å²) in [7, 11) is 2.22. The summed E-state index contributed by atoms with van der Waals surface area (Å²) >= 11 is 0. The number of rotatable bonds is 1. The highest BCUT2D eigenvalue weighted by atomic mass is 15.2. The van der Waals surface area contributed by atoms with Crippen molar-refractivity contribution in [2.24, 2.45) is 5.41 Å². The molecule has 1 aromatic rings. The Morgan fingerprint density at radius 2 is 1.88 bits per heavy atom. The molecule has 0 N–H and O–H groups in total. The van der Waals surface area contributed by atoms with Crippen LogP contribution in [0.25, 0.3) is 0 Å². The van der Waals surface area contributed by atoms with E-state index in [2.05, 4.69) is 26.8 Å². The highest BCUT2D eigenvalue weighted by molar-refractivity contribution is 5.37. The van der Waals surface area contributed by atoms with Gasteiger partial charge < -0.3 is 9.80 Å². The van der Waals surface area contributed by atoms with Crippen molar-refractivity contribution in [1.29, 1.82) is 0 Å². The summed E-state index contributed by atoms with van der Waals surface area (Å²) in [4.78, 5) is 13.4. The zero-order valence-electron chi connectivity index (χ0n) is 10.5. The Labute approximate surface area is 103 Å². The molecule has 0 aliphatic carbocycles. The first kappa shape index (κ1) is 11.0. The Morgan fingerprint density at radius 1 is 1.12 bits per heavy atom. The normalized spacial score (nSPS) is 24.4. The lowest BCUT2D eigenvalue weighted by atomic mass is 9.78. The Kier molecular flexibility index (Phi) is 2.74. The highest BCUT2D eigenvalue weighted by Crippen LogP contribution is 2.40. The number of anilines is 1. The third kappa shape index (κ3) is 2.14. The predicted octanol–water partition coefficient (Wildman–Crippen LogP) is 1.40. The van der Waals surface area contributed by atoms with Crippen molar-refractivity contribution in [3.05, 3.63) is 18.6 Å². The lowest BCUT2D eigenvalue weighted by Crippen LogP contribution is -2.39. The smallest absolute Gasteiger partial charge is 0.147 e. The van der Waals surface area contributed by atoms with Crippen LogP contribution in [0.15, 0.2) is 18.6 Å². The highest BCUT2D eigenvalue weighted by Gasteiger charge is 2.40. The quantitative estimate of drug-likeness (QED) is 0.732. The molecule has 92 valence electrons. The maximum absolute atomic E-state index is 4.41. The Morgan fingerprint density at radius 3 is 2.59 bits per heavy atom. The van der Waals surface area contributed by atoms with E-state index in [9.17, 15) is 0 Å². The fourth-order valence-corrected chi connectivity index (χ4v) is 3.09. The maximum atomic E-state index is 4.41. The van der Waals surface area contributed by atoms with Gasteiger partial charge in [-0.3, -0.25) is 4.98 Å². The molecular formula is C13H20N4. The van der Waals surface area contributed by atoms with E-state index in [1.54, 1.807) is 12.4 Å². The summed E-state index contributed by atoms with van der Waals surface area (Å²) in [5, 5.41) is 0. The van der Waals surface area contributed by atoms with E-state index >= 15 is 0 Å². The van der Waals surface area contributed by atoms with Crippen LogP contribution in [0, 0.1) is 5.41 Å². The minimum Gasteiger partial charge on any atom is -0.355 e. The predicted molar refractivity (Wildman–Crippen MR) is 68.0 cm³/mol. The molecule has 4 nitrogen and oxygen atoms in total. The van der Waals surface area contributed by atoms with Crippen molar-refractivity contribution in [2.75, 3.05) is 38.1 Å². The minimum absolute atomic E-state index is 0.546. The molecule has 0 saturated carbocycles. The molecule has 1 spiro atoms. The van der Waals surface area contributed by atoms with E-state index in [0.29, 0.717) is 5.41 Å². The fourth-order valence-electron chi connectivity index (χ4n) is 3.09. The Hall–Kier alpha value is -1.16. The molecule has 0 radical (unpaired) electrons. The molecule has 0 aromatic carbocycles. The summed E-state index contributed by atoms with van der Waals surface area (Å²) in [6, 6.07) is 0. The van der Waals surface area contributed by atoms with E-state index in [-0.39, 0.29) is 0 Å². The van der Waals surface area contributed by atoms with Gasteiger partial charge in [0.1, 0.15) is 5.82 Å². The molecule has 2 aliphatic heterocycles. The Bertz CT molecular complexity index is 370. The zero-order chi connectivity index (χ0) is 11.7. The molecular weight excluding hydrogens is 212 g/mol. The molecule has 2 saturated heterocycles. The molecule has 0 unspecified atom stereocenters. The second-order valence-electron chi connectivity index (χ2n) is 5.54. The molecule has 3 heterocycles. The number of nitrogens with zero attached hydrogens (tertiary/aromatic N) is 4. The van der Waals surface area contributed by atoms with Gasteiger partial charge in [-0.2, -0.15) is 0 Å². The van der Waals surface area contributed by atoms with Crippen LogP contribution in [0.5, 0.6) is 0 Å². The molecule has 0 bridgehead atoms. The van der Waals surface area contributed by atoms with E-state index < -0.39 is 0 Å². The first-order chi connectivity index (χ1) is 8.27. The van der Waals surface area contributed by atoms with E-state index in [1.807, 2.05) is 6.20 Å². The van der Waals surface area contributed by atoms with Crippen molar-refractivity contribution in [3.63, 3.8) is 0 Å². The van der Waals surface area contributed by atoms with Crippen LogP contribution in [-0.2, 0) is 0 Å². The lowest BCUT2D eigenvalue weighted by Gasteiger charge is -2.37. The number of likely N-dealkylation sites (tertiary alicyclic amines) is 1. The third-order valence-corrected chi connectivity index (χ3v) is 4.36. The lowest BCUT2D eigenvalue weighted by molar-refractivity contribution is 0.142. The maximum Gasteiger partial charge on any atom is 0.147 e. The molecule has 1 aromatic heterocycles. The SMILES string of the molecule is CN1CCC2(CC1)CCN(c1cnccn1)C2. The van der Waals surface area contributed by atoms with Gasteiger partial charge in [0.05, 0.1) is 6.20 Å². The van der Waals surface area contributed by atoms with Gasteiger partial charge in [-0.25, -0.2) is 4.98 Å². The second-order valence-corrected chi connectivity index (χ2v) is 5.54. The number of piperidine rings is 1. The van der Waals surface area contributed by atoms with Crippen LogP contribution < -0.4 is 4.90 Å². The van der Waals surface area contributed by atoms with Crippen LogP contribution >= 0.6 is 0 Å². The molecule has 0 amide bonds. The summed E-state index contributed by atoms with van der Waals surface area (Å²) < 4.78 is 0. The van der Waals surface area contributed by atoms with Gasteiger partial charge in [0.2, 0.25) is 0 Å². The van der Waals surface area contributed by atoms with Gasteiger partial charge in [-0.05, 0) is 44.8 Å². The first-order valence-electron chi connectivity index (χ1n) is 6.47. The molecule has 2 aliphatic rings. The summed E-state index contributed by atoms with van der Waals surface area (Å²) in [5.74, 6) is 1.04. The largest absolute Gasteiger partial charge is 0.355 e. The van der Waals surface area contributed by atoms with Crippen LogP contribution in [0.3, 0.4) is 0 Å². The van der Waals surface area contributed by atoms with Gasteiger partial charge in [-0.15, -0.1) is 0 Å². The summed E-state index contributed by atoms with van der Waals surface area (Å²) in [6.45, 7) is 4.80. The fraction of sp³-hybridized carbons (Fsp3) is 0.692. The zero-order valence-corrected chi connectivity index (χ0v) is 10.5. The van der Waals surface area contributed by atoms with E-state index in [4.69, 9.17) is 0 Å². The van der Waals surface area contributed by atoms with Crippen molar-refractivity contribution in [3.8, 4) is 0 Å². The van der Waals surface area contributed by atoms with Gasteiger partial charge in [0.25, 0.3) is 0 Å². The first-order valence-corrected chi connectivity index (χ1v) is 6.47. The standard InChI is InChI=1S/C13H20N4/c1-16-7-2-13(3-8-16)4-9-17(11-13)12-10-14-5-6-15-12/h5-6,10H,2-4,7-9,11H2,1H3. The molecule has 17 heavy (non-hydrogen) atoms.